The van der Waals surface area contributed by atoms with E-state index < -0.39 is 4.92 Å². The minimum atomic E-state index is -0.456. The van der Waals surface area contributed by atoms with E-state index in [1.54, 1.807) is 24.3 Å². The van der Waals surface area contributed by atoms with Crippen LogP contribution in [0.1, 0.15) is 22.8 Å². The Kier molecular flexibility index (Phi) is 7.64. The van der Waals surface area contributed by atoms with Gasteiger partial charge in [0.05, 0.1) is 28.4 Å². The number of nitro benzene ring substituents is 1. The van der Waals surface area contributed by atoms with E-state index in [1.165, 1.54) is 12.1 Å². The van der Waals surface area contributed by atoms with Crippen molar-refractivity contribution in [2.45, 2.75) is 13.8 Å². The largest absolute Gasteiger partial charge is 0.460 e. The highest BCUT2D eigenvalue weighted by Gasteiger charge is 2.09. The molecule has 0 unspecified atom stereocenters. The molecule has 0 aliphatic heterocycles. The predicted octanol–water partition coefficient (Wildman–Crippen LogP) is 6.00. The molecule has 32 heavy (non-hydrogen) atoms. The summed E-state index contributed by atoms with van der Waals surface area (Å²) in [4.78, 5) is 24.5. The molecule has 0 saturated carbocycles. The molecule has 8 heteroatoms. The molecule has 3 rings (SSSR count). The highest BCUT2D eigenvalue weighted by molar-refractivity contribution is 5.89. The third kappa shape index (κ3) is 6.21. The number of likely N-dealkylation sites (N-methyl/N-ethyl adjacent to an activating group) is 1. The molecule has 0 saturated heterocycles. The summed E-state index contributed by atoms with van der Waals surface area (Å²) in [6, 6.07) is 20.7. The zero-order valence-corrected chi connectivity index (χ0v) is 18.0. The van der Waals surface area contributed by atoms with Crippen molar-refractivity contribution in [2.75, 3.05) is 24.6 Å². The fraction of sp³-hybridized carbons (Fsp3) is 0.208. The maximum Gasteiger partial charge on any atom is 0.338 e. The molecule has 0 aliphatic rings. The van der Waals surface area contributed by atoms with Crippen LogP contribution >= 0.6 is 0 Å². The van der Waals surface area contributed by atoms with Crippen molar-refractivity contribution < 1.29 is 14.5 Å². The van der Waals surface area contributed by atoms with E-state index in [9.17, 15) is 14.9 Å². The summed E-state index contributed by atoms with van der Waals surface area (Å²) in [5.41, 5.74) is 3.82. The van der Waals surface area contributed by atoms with E-state index >= 15 is 0 Å². The second-order valence-corrected chi connectivity index (χ2v) is 7.07. The maximum atomic E-state index is 12.2. The molecule has 8 nitrogen and oxygen atoms in total. The quantitative estimate of drug-likeness (QED) is 0.179. The number of anilines is 1. The van der Waals surface area contributed by atoms with E-state index in [0.717, 1.165) is 17.8 Å². The number of rotatable bonds is 9. The number of carbonyl (C=O) groups is 1. The van der Waals surface area contributed by atoms with Gasteiger partial charge in [-0.15, -0.1) is 0 Å². The van der Waals surface area contributed by atoms with Crippen LogP contribution in [0.3, 0.4) is 0 Å². The maximum absolute atomic E-state index is 12.2. The third-order valence-corrected chi connectivity index (χ3v) is 4.82. The number of non-ortho nitro benzene ring substituents is 1. The Balaban J connectivity index is 1.54. The number of hydrogen-bond acceptors (Lipinski definition) is 7. The molecule has 0 N–H and O–H groups in total. The van der Waals surface area contributed by atoms with Crippen molar-refractivity contribution in [1.82, 2.24) is 0 Å². The fourth-order valence-corrected chi connectivity index (χ4v) is 2.98. The van der Waals surface area contributed by atoms with Crippen molar-refractivity contribution >= 4 is 28.7 Å². The summed E-state index contributed by atoms with van der Waals surface area (Å²) >= 11 is 0. The van der Waals surface area contributed by atoms with Crippen LogP contribution in [0.5, 0.6) is 0 Å². The van der Waals surface area contributed by atoms with Crippen molar-refractivity contribution in [2.24, 2.45) is 10.2 Å². The molecule has 3 aromatic rings. The molecule has 0 bridgehead atoms. The van der Waals surface area contributed by atoms with Crippen molar-refractivity contribution in [1.29, 1.82) is 0 Å². The predicted molar refractivity (Wildman–Crippen MR) is 123 cm³/mol. The zero-order valence-electron chi connectivity index (χ0n) is 18.0. The summed E-state index contributed by atoms with van der Waals surface area (Å²) < 4.78 is 5.40. The van der Waals surface area contributed by atoms with Gasteiger partial charge in [-0.2, -0.15) is 10.2 Å². The zero-order chi connectivity index (χ0) is 22.9. The Morgan fingerprint density at radius 1 is 0.938 bits per heavy atom. The second kappa shape index (κ2) is 10.8. The number of ether oxygens (including phenoxy) is 1. The molecule has 0 amide bonds. The minimum absolute atomic E-state index is 0.0116. The fourth-order valence-electron chi connectivity index (χ4n) is 2.98. The van der Waals surface area contributed by atoms with Crippen LogP contribution in [0, 0.1) is 17.0 Å². The monoisotopic (exact) mass is 432 g/mol. The number of aryl methyl sites for hydroxylation is 1. The van der Waals surface area contributed by atoms with E-state index in [2.05, 4.69) is 15.1 Å². The number of nitrogens with zero attached hydrogens (tertiary/aromatic N) is 4. The number of hydrogen-bond donors (Lipinski definition) is 0. The smallest absolute Gasteiger partial charge is 0.338 e. The Bertz CT molecular complexity index is 1080. The Hall–Kier alpha value is -4.07. The Morgan fingerprint density at radius 3 is 2.03 bits per heavy atom. The summed E-state index contributed by atoms with van der Waals surface area (Å²) in [5.74, 6) is -0.331. The molecule has 0 spiro atoms. The van der Waals surface area contributed by atoms with Gasteiger partial charge in [0.15, 0.2) is 0 Å². The van der Waals surface area contributed by atoms with Gasteiger partial charge >= 0.3 is 5.97 Å². The normalized spacial score (nSPS) is 10.8. The van der Waals surface area contributed by atoms with Gasteiger partial charge < -0.3 is 9.64 Å². The standard InChI is InChI=1S/C24H24N4O4/c1-3-27(16-17-32-24(29)19-6-4-18(2)5-7-19)22-12-8-20(9-13-22)25-26-21-10-14-23(15-11-21)28(30)31/h4-15H,3,16-17H2,1-2H3. The lowest BCUT2D eigenvalue weighted by molar-refractivity contribution is -0.384. The van der Waals surface area contributed by atoms with Crippen LogP contribution < -0.4 is 4.90 Å². The number of carbonyl (C=O) groups excluding carboxylic acids is 1. The molecule has 0 atom stereocenters. The average Bonchev–Trinajstić information content (AvgIpc) is 2.81. The lowest BCUT2D eigenvalue weighted by Gasteiger charge is -2.23. The molecule has 0 aromatic heterocycles. The molecule has 0 fully saturated rings. The van der Waals surface area contributed by atoms with E-state index in [-0.39, 0.29) is 18.3 Å². The van der Waals surface area contributed by atoms with Crippen molar-refractivity contribution in [3.8, 4) is 0 Å². The molecule has 0 heterocycles. The minimum Gasteiger partial charge on any atom is -0.460 e. The van der Waals surface area contributed by atoms with Crippen LogP contribution in [-0.2, 0) is 4.74 Å². The van der Waals surface area contributed by atoms with Crippen LogP contribution in [-0.4, -0.2) is 30.6 Å². The van der Waals surface area contributed by atoms with E-state index in [4.69, 9.17) is 4.74 Å². The molecule has 3 aromatic carbocycles. The van der Waals surface area contributed by atoms with Gasteiger partial charge in [-0.05, 0) is 62.4 Å². The molecule has 0 radical (unpaired) electrons. The Morgan fingerprint density at radius 2 is 1.50 bits per heavy atom. The van der Waals surface area contributed by atoms with E-state index in [0.29, 0.717) is 23.5 Å². The number of esters is 1. The van der Waals surface area contributed by atoms with Crippen LogP contribution in [0.4, 0.5) is 22.7 Å². The second-order valence-electron chi connectivity index (χ2n) is 7.07. The van der Waals surface area contributed by atoms with E-state index in [1.807, 2.05) is 50.2 Å². The van der Waals surface area contributed by atoms with Gasteiger partial charge in [0.25, 0.3) is 5.69 Å². The lowest BCUT2D eigenvalue weighted by Crippen LogP contribution is -2.27. The molecule has 0 aliphatic carbocycles. The first-order valence-corrected chi connectivity index (χ1v) is 10.2. The van der Waals surface area contributed by atoms with Gasteiger partial charge in [-0.3, -0.25) is 10.1 Å². The summed E-state index contributed by atoms with van der Waals surface area (Å²) in [7, 11) is 0. The van der Waals surface area contributed by atoms with Crippen molar-refractivity contribution in [3.63, 3.8) is 0 Å². The Labute approximate surface area is 186 Å². The third-order valence-electron chi connectivity index (χ3n) is 4.82. The summed E-state index contributed by atoms with van der Waals surface area (Å²) in [5, 5.41) is 19.0. The van der Waals surface area contributed by atoms with Gasteiger partial charge in [0, 0.05) is 24.4 Å². The number of benzene rings is 3. The van der Waals surface area contributed by atoms with Gasteiger partial charge in [0.2, 0.25) is 0 Å². The topological polar surface area (TPSA) is 97.4 Å². The molecular weight excluding hydrogens is 408 g/mol. The number of azo groups is 1. The first-order chi connectivity index (χ1) is 15.5. The van der Waals surface area contributed by atoms with Gasteiger partial charge in [-0.1, -0.05) is 17.7 Å². The SMILES string of the molecule is CCN(CCOC(=O)c1ccc(C)cc1)c1ccc(N=Nc2ccc([N+](=O)[O-])cc2)cc1. The highest BCUT2D eigenvalue weighted by Crippen LogP contribution is 2.23. The van der Waals surface area contributed by atoms with Crippen LogP contribution in [0.2, 0.25) is 0 Å². The van der Waals surface area contributed by atoms with Crippen LogP contribution in [0.25, 0.3) is 0 Å². The first kappa shape index (κ1) is 22.6. The number of nitro groups is 1. The first-order valence-electron chi connectivity index (χ1n) is 10.2. The van der Waals surface area contributed by atoms with Gasteiger partial charge in [0.1, 0.15) is 6.61 Å². The van der Waals surface area contributed by atoms with Gasteiger partial charge in [-0.25, -0.2) is 4.79 Å². The summed E-state index contributed by atoms with van der Waals surface area (Å²) in [6.07, 6.45) is 0. The average molecular weight is 432 g/mol. The molecular formula is C24H24N4O4. The van der Waals surface area contributed by atoms with Crippen LogP contribution in [0.15, 0.2) is 83.0 Å². The summed E-state index contributed by atoms with van der Waals surface area (Å²) in [6.45, 7) is 5.60. The lowest BCUT2D eigenvalue weighted by atomic mass is 10.1. The highest BCUT2D eigenvalue weighted by atomic mass is 16.6. The molecule has 164 valence electrons. The van der Waals surface area contributed by atoms with Crippen molar-refractivity contribution in [3.05, 3.63) is 94.0 Å².